The number of rotatable bonds is 5. The molecule has 1 aliphatic heterocycles. The summed E-state index contributed by atoms with van der Waals surface area (Å²) < 4.78 is 23.2. The summed E-state index contributed by atoms with van der Waals surface area (Å²) in [5.74, 6) is 0.145. The molecule has 1 fully saturated rings. The quantitative estimate of drug-likeness (QED) is 0.828. The molecule has 1 rings (SSSR count). The molecular formula is C14H28N2O3S. The summed E-state index contributed by atoms with van der Waals surface area (Å²) in [6.45, 7) is 8.87. The number of piperidine rings is 1. The minimum absolute atomic E-state index is 0.0636. The number of sulfone groups is 1. The lowest BCUT2D eigenvalue weighted by molar-refractivity contribution is -0.133. The van der Waals surface area contributed by atoms with Gasteiger partial charge in [-0.2, -0.15) is 0 Å². The molecule has 0 aliphatic carbocycles. The molecule has 1 amide bonds. The molecule has 0 aromatic carbocycles. The summed E-state index contributed by atoms with van der Waals surface area (Å²) in [6, 6.07) is -0.316. The van der Waals surface area contributed by atoms with E-state index < -0.39 is 14.6 Å². The van der Waals surface area contributed by atoms with Gasteiger partial charge in [0.15, 0.2) is 9.84 Å². The van der Waals surface area contributed by atoms with Gasteiger partial charge in [-0.25, -0.2) is 8.42 Å². The van der Waals surface area contributed by atoms with Gasteiger partial charge in [-0.05, 0) is 47.0 Å². The van der Waals surface area contributed by atoms with Crippen LogP contribution in [0.2, 0.25) is 0 Å². The van der Waals surface area contributed by atoms with Crippen molar-refractivity contribution >= 4 is 15.7 Å². The SMILES string of the molecule is CC(NCCS(=O)(=O)C(C)(C)C)C(=O)N1CCCCC1. The first-order chi connectivity index (χ1) is 9.15. The van der Waals surface area contributed by atoms with Crippen LogP contribution in [0.4, 0.5) is 0 Å². The molecule has 0 aromatic rings. The summed E-state index contributed by atoms with van der Waals surface area (Å²) in [6.07, 6.45) is 3.32. The summed E-state index contributed by atoms with van der Waals surface area (Å²) in [5.41, 5.74) is 0. The number of hydrogen-bond donors (Lipinski definition) is 1. The summed E-state index contributed by atoms with van der Waals surface area (Å²) in [5, 5.41) is 3.04. The van der Waals surface area contributed by atoms with Crippen molar-refractivity contribution in [2.75, 3.05) is 25.4 Å². The van der Waals surface area contributed by atoms with Crippen molar-refractivity contribution < 1.29 is 13.2 Å². The normalized spacial score (nSPS) is 18.9. The maximum atomic E-state index is 12.2. The highest BCUT2D eigenvalue weighted by atomic mass is 32.2. The number of hydrogen-bond acceptors (Lipinski definition) is 4. The minimum atomic E-state index is -3.13. The van der Waals surface area contributed by atoms with E-state index in [0.29, 0.717) is 6.54 Å². The summed E-state index contributed by atoms with van der Waals surface area (Å²) in [4.78, 5) is 14.0. The Labute approximate surface area is 123 Å². The number of likely N-dealkylation sites (tertiary alicyclic amines) is 1. The van der Waals surface area contributed by atoms with E-state index in [4.69, 9.17) is 0 Å². The zero-order valence-corrected chi connectivity index (χ0v) is 13.9. The van der Waals surface area contributed by atoms with Gasteiger partial charge in [0.1, 0.15) is 0 Å². The van der Waals surface area contributed by atoms with Crippen LogP contribution in [0.5, 0.6) is 0 Å². The fraction of sp³-hybridized carbons (Fsp3) is 0.929. The van der Waals surface area contributed by atoms with Crippen molar-refractivity contribution in [2.24, 2.45) is 0 Å². The third-order valence-corrected chi connectivity index (χ3v) is 6.40. The largest absolute Gasteiger partial charge is 0.341 e. The van der Waals surface area contributed by atoms with E-state index in [-0.39, 0.29) is 17.7 Å². The topological polar surface area (TPSA) is 66.5 Å². The number of carbonyl (C=O) groups excluding carboxylic acids is 1. The van der Waals surface area contributed by atoms with Gasteiger partial charge in [0.25, 0.3) is 0 Å². The summed E-state index contributed by atoms with van der Waals surface area (Å²) >= 11 is 0. The van der Waals surface area contributed by atoms with Crippen LogP contribution in [0.3, 0.4) is 0 Å². The van der Waals surface area contributed by atoms with E-state index in [0.717, 1.165) is 25.9 Å². The van der Waals surface area contributed by atoms with Crippen LogP contribution in [0, 0.1) is 0 Å². The van der Waals surface area contributed by atoms with Gasteiger partial charge in [-0.15, -0.1) is 0 Å². The zero-order valence-electron chi connectivity index (χ0n) is 13.1. The lowest BCUT2D eigenvalue weighted by atomic mass is 10.1. The highest BCUT2D eigenvalue weighted by Crippen LogP contribution is 2.15. The number of nitrogens with one attached hydrogen (secondary N) is 1. The molecule has 1 unspecified atom stereocenters. The third-order valence-electron chi connectivity index (χ3n) is 3.79. The van der Waals surface area contributed by atoms with Crippen LogP contribution in [-0.4, -0.2) is 55.4 Å². The van der Waals surface area contributed by atoms with Gasteiger partial charge in [0.05, 0.1) is 16.5 Å². The molecule has 118 valence electrons. The Morgan fingerprint density at radius 2 is 1.75 bits per heavy atom. The molecule has 1 aliphatic rings. The first-order valence-electron chi connectivity index (χ1n) is 7.39. The van der Waals surface area contributed by atoms with Crippen LogP contribution in [0.15, 0.2) is 0 Å². The molecule has 0 spiro atoms. The van der Waals surface area contributed by atoms with Crippen molar-refractivity contribution in [3.63, 3.8) is 0 Å². The number of amides is 1. The predicted molar refractivity (Wildman–Crippen MR) is 81.4 cm³/mol. The molecule has 1 heterocycles. The van der Waals surface area contributed by atoms with Crippen LogP contribution < -0.4 is 5.32 Å². The van der Waals surface area contributed by atoms with Gasteiger partial charge in [-0.1, -0.05) is 0 Å². The van der Waals surface area contributed by atoms with Gasteiger partial charge >= 0.3 is 0 Å². The molecule has 5 nitrogen and oxygen atoms in total. The van der Waals surface area contributed by atoms with E-state index in [2.05, 4.69) is 5.32 Å². The van der Waals surface area contributed by atoms with E-state index in [1.807, 2.05) is 4.90 Å². The Hall–Kier alpha value is -0.620. The Balaban J connectivity index is 2.40. The average Bonchev–Trinajstić information content (AvgIpc) is 2.37. The smallest absolute Gasteiger partial charge is 0.239 e. The molecule has 0 bridgehead atoms. The average molecular weight is 304 g/mol. The van der Waals surface area contributed by atoms with Crippen molar-refractivity contribution in [3.8, 4) is 0 Å². The molecule has 1 N–H and O–H groups in total. The van der Waals surface area contributed by atoms with E-state index in [9.17, 15) is 13.2 Å². The first-order valence-corrected chi connectivity index (χ1v) is 9.05. The Morgan fingerprint density at radius 3 is 2.25 bits per heavy atom. The van der Waals surface area contributed by atoms with Crippen LogP contribution in [0.25, 0.3) is 0 Å². The first kappa shape index (κ1) is 17.4. The molecule has 6 heteroatoms. The Kier molecular flexibility index (Phi) is 6.01. The molecule has 0 aromatic heterocycles. The second-order valence-corrected chi connectivity index (χ2v) is 9.36. The maximum absolute atomic E-state index is 12.2. The molecule has 0 radical (unpaired) electrons. The second-order valence-electron chi connectivity index (χ2n) is 6.49. The van der Waals surface area contributed by atoms with Crippen LogP contribution >= 0.6 is 0 Å². The maximum Gasteiger partial charge on any atom is 0.239 e. The van der Waals surface area contributed by atoms with Gasteiger partial charge in [0, 0.05) is 19.6 Å². The van der Waals surface area contributed by atoms with Crippen molar-refractivity contribution in [1.29, 1.82) is 0 Å². The third kappa shape index (κ3) is 4.74. The van der Waals surface area contributed by atoms with Crippen LogP contribution in [0.1, 0.15) is 47.0 Å². The van der Waals surface area contributed by atoms with E-state index in [1.165, 1.54) is 6.42 Å². The Morgan fingerprint density at radius 1 is 1.20 bits per heavy atom. The van der Waals surface area contributed by atoms with Gasteiger partial charge in [-0.3, -0.25) is 4.79 Å². The minimum Gasteiger partial charge on any atom is -0.341 e. The number of nitrogens with zero attached hydrogens (tertiary/aromatic N) is 1. The Bertz CT molecular complexity index is 420. The van der Waals surface area contributed by atoms with Crippen molar-refractivity contribution in [1.82, 2.24) is 10.2 Å². The number of carbonyl (C=O) groups is 1. The van der Waals surface area contributed by atoms with E-state index in [1.54, 1.807) is 27.7 Å². The standard InChI is InChI=1S/C14H28N2O3S/c1-12(13(17)16-9-6-5-7-10-16)15-8-11-20(18,19)14(2,3)4/h12,15H,5-11H2,1-4H3. The van der Waals surface area contributed by atoms with Gasteiger partial charge in [0.2, 0.25) is 5.91 Å². The molecular weight excluding hydrogens is 276 g/mol. The molecule has 20 heavy (non-hydrogen) atoms. The fourth-order valence-electron chi connectivity index (χ4n) is 2.19. The summed E-state index contributed by atoms with van der Waals surface area (Å²) in [7, 11) is -3.13. The monoisotopic (exact) mass is 304 g/mol. The zero-order chi connectivity index (χ0) is 15.4. The molecule has 1 saturated heterocycles. The lowest BCUT2D eigenvalue weighted by Gasteiger charge is -2.29. The lowest BCUT2D eigenvalue weighted by Crippen LogP contribution is -2.48. The predicted octanol–water partition coefficient (Wildman–Crippen LogP) is 1.19. The van der Waals surface area contributed by atoms with Crippen molar-refractivity contribution in [3.05, 3.63) is 0 Å². The molecule has 0 saturated carbocycles. The second kappa shape index (κ2) is 6.89. The van der Waals surface area contributed by atoms with Gasteiger partial charge < -0.3 is 10.2 Å². The highest BCUT2D eigenvalue weighted by Gasteiger charge is 2.29. The fourth-order valence-corrected chi connectivity index (χ4v) is 3.19. The highest BCUT2D eigenvalue weighted by molar-refractivity contribution is 7.92. The van der Waals surface area contributed by atoms with Crippen LogP contribution in [-0.2, 0) is 14.6 Å². The molecule has 1 atom stereocenters. The van der Waals surface area contributed by atoms with Crippen molar-refractivity contribution in [2.45, 2.75) is 57.7 Å². The van der Waals surface area contributed by atoms with E-state index >= 15 is 0 Å².